The van der Waals surface area contributed by atoms with Gasteiger partial charge in [0.2, 0.25) is 0 Å². The number of aromatic amines is 1. The number of hydrogen-bond donors (Lipinski definition) is 1. The van der Waals surface area contributed by atoms with Crippen molar-refractivity contribution < 1.29 is 0 Å². The largest absolute Gasteiger partial charge is 0.285 e. The minimum Gasteiger partial charge on any atom is -0.285 e. The topological polar surface area (TPSA) is 109 Å². The van der Waals surface area contributed by atoms with Crippen molar-refractivity contribution in [3.63, 3.8) is 0 Å². The van der Waals surface area contributed by atoms with Crippen LogP contribution in [0.1, 0.15) is 5.69 Å². The summed E-state index contributed by atoms with van der Waals surface area (Å²) in [4.78, 5) is 12.6. The zero-order valence-corrected chi connectivity index (χ0v) is 15.8. The van der Waals surface area contributed by atoms with E-state index in [1.807, 2.05) is 54.9 Å². The first-order valence-electron chi connectivity index (χ1n) is 9.07. The van der Waals surface area contributed by atoms with Crippen molar-refractivity contribution in [3.05, 3.63) is 97.5 Å². The second kappa shape index (κ2) is 9.03. The summed E-state index contributed by atoms with van der Waals surface area (Å²) in [7, 11) is 0. The molecule has 0 atom stereocenters. The molecule has 1 N–H and O–H groups in total. The quantitative estimate of drug-likeness (QED) is 0.502. The van der Waals surface area contributed by atoms with Crippen LogP contribution in [0.4, 0.5) is 0 Å². The zero-order valence-electron chi connectivity index (χ0n) is 15.8. The van der Waals surface area contributed by atoms with Crippen LogP contribution in [0.25, 0.3) is 28.3 Å². The monoisotopic (exact) mass is 392 g/mol. The van der Waals surface area contributed by atoms with Crippen LogP contribution in [0.3, 0.4) is 0 Å². The molecule has 0 unspecified atom stereocenters. The van der Waals surface area contributed by atoms with Gasteiger partial charge in [0, 0.05) is 35.9 Å². The number of aromatic nitrogens is 7. The van der Waals surface area contributed by atoms with E-state index in [9.17, 15) is 0 Å². The first kappa shape index (κ1) is 18.7. The number of hydrogen-bond acceptors (Lipinski definition) is 6. The van der Waals surface area contributed by atoms with E-state index in [0.29, 0.717) is 11.5 Å². The number of nitrogens with zero attached hydrogens (tertiary/aromatic N) is 7. The predicted octanol–water partition coefficient (Wildman–Crippen LogP) is 3.67. The van der Waals surface area contributed by atoms with E-state index < -0.39 is 0 Å². The van der Waals surface area contributed by atoms with Gasteiger partial charge in [-0.25, -0.2) is 9.67 Å². The molecule has 8 heteroatoms. The molecule has 5 aromatic heterocycles. The average molecular weight is 392 g/mol. The van der Waals surface area contributed by atoms with Crippen molar-refractivity contribution in [3.8, 4) is 34.4 Å². The van der Waals surface area contributed by atoms with Crippen molar-refractivity contribution in [2.45, 2.75) is 0 Å². The van der Waals surface area contributed by atoms with Crippen LogP contribution < -0.4 is 0 Å². The SMILES string of the molecule is N#Cc1cccc(-n2cc(-c3ccccn3)cn2)n1.c1ccc(-c2cn[nH]c2)nc1. The lowest BCUT2D eigenvalue weighted by molar-refractivity contribution is 0.844. The van der Waals surface area contributed by atoms with Gasteiger partial charge in [0.25, 0.3) is 0 Å². The van der Waals surface area contributed by atoms with E-state index in [2.05, 4.69) is 30.2 Å². The van der Waals surface area contributed by atoms with Gasteiger partial charge in [-0.15, -0.1) is 0 Å². The molecule has 0 bridgehead atoms. The maximum absolute atomic E-state index is 8.84. The summed E-state index contributed by atoms with van der Waals surface area (Å²) in [5.41, 5.74) is 4.09. The Hall–Kier alpha value is -4.64. The van der Waals surface area contributed by atoms with Crippen molar-refractivity contribution in [2.24, 2.45) is 0 Å². The summed E-state index contributed by atoms with van der Waals surface area (Å²) < 4.78 is 1.63. The standard InChI is InChI=1S/C14H9N5.C8H7N3/c15-8-12-4-3-6-14(18-12)19-10-11(9-17-19)13-5-1-2-7-16-13;1-2-4-9-8(3-1)7-5-10-11-6-7/h1-7,9-10H;1-6H,(H,10,11). The van der Waals surface area contributed by atoms with E-state index >= 15 is 0 Å². The van der Waals surface area contributed by atoms with E-state index in [4.69, 9.17) is 5.26 Å². The molecule has 0 aliphatic heterocycles. The van der Waals surface area contributed by atoms with Crippen molar-refractivity contribution in [2.75, 3.05) is 0 Å². The number of rotatable bonds is 3. The lowest BCUT2D eigenvalue weighted by Crippen LogP contribution is -1.98. The molecule has 5 rings (SSSR count). The molecule has 0 aliphatic rings. The van der Waals surface area contributed by atoms with Gasteiger partial charge in [0.05, 0.1) is 23.8 Å². The molecule has 0 aromatic carbocycles. The van der Waals surface area contributed by atoms with Gasteiger partial charge in [0.1, 0.15) is 11.8 Å². The van der Waals surface area contributed by atoms with Crippen molar-refractivity contribution in [1.29, 1.82) is 5.26 Å². The van der Waals surface area contributed by atoms with Crippen LogP contribution in [0.2, 0.25) is 0 Å². The van der Waals surface area contributed by atoms with Crippen LogP contribution in [-0.2, 0) is 0 Å². The fraction of sp³-hybridized carbons (Fsp3) is 0. The fourth-order valence-electron chi connectivity index (χ4n) is 2.65. The molecular formula is C22H16N8. The van der Waals surface area contributed by atoms with E-state index in [0.717, 1.165) is 22.5 Å². The van der Waals surface area contributed by atoms with E-state index in [1.54, 1.807) is 47.7 Å². The Labute approximate surface area is 172 Å². The van der Waals surface area contributed by atoms with Crippen LogP contribution in [0.5, 0.6) is 0 Å². The number of pyridine rings is 3. The van der Waals surface area contributed by atoms with E-state index in [1.165, 1.54) is 0 Å². The molecule has 5 aromatic rings. The molecule has 0 radical (unpaired) electrons. The average Bonchev–Trinajstić information content (AvgIpc) is 3.54. The lowest BCUT2D eigenvalue weighted by atomic mass is 10.2. The molecular weight excluding hydrogens is 376 g/mol. The van der Waals surface area contributed by atoms with Gasteiger partial charge >= 0.3 is 0 Å². The summed E-state index contributed by atoms with van der Waals surface area (Å²) in [6.07, 6.45) is 10.6. The molecule has 0 saturated heterocycles. The van der Waals surface area contributed by atoms with Crippen LogP contribution in [0.15, 0.2) is 91.8 Å². The molecule has 30 heavy (non-hydrogen) atoms. The van der Waals surface area contributed by atoms with Gasteiger partial charge in [-0.1, -0.05) is 18.2 Å². The Balaban J connectivity index is 0.000000168. The third-order valence-corrected chi connectivity index (χ3v) is 4.09. The van der Waals surface area contributed by atoms with Crippen molar-refractivity contribution in [1.82, 2.24) is 34.9 Å². The highest BCUT2D eigenvalue weighted by molar-refractivity contribution is 5.57. The van der Waals surface area contributed by atoms with Gasteiger partial charge in [-0.3, -0.25) is 15.1 Å². The van der Waals surface area contributed by atoms with Crippen LogP contribution in [0, 0.1) is 11.3 Å². The highest BCUT2D eigenvalue weighted by atomic mass is 15.3. The Morgan fingerprint density at radius 2 is 1.60 bits per heavy atom. The van der Waals surface area contributed by atoms with Crippen molar-refractivity contribution >= 4 is 0 Å². The third kappa shape index (κ3) is 4.43. The highest BCUT2D eigenvalue weighted by Gasteiger charge is 2.05. The van der Waals surface area contributed by atoms with Gasteiger partial charge in [-0.2, -0.15) is 15.5 Å². The van der Waals surface area contributed by atoms with E-state index in [-0.39, 0.29) is 0 Å². The first-order valence-corrected chi connectivity index (χ1v) is 9.07. The minimum atomic E-state index is 0.368. The van der Waals surface area contributed by atoms with Gasteiger partial charge in [0.15, 0.2) is 5.82 Å². The maximum atomic E-state index is 8.84. The second-order valence-corrected chi connectivity index (χ2v) is 6.08. The lowest BCUT2D eigenvalue weighted by Gasteiger charge is -1.99. The summed E-state index contributed by atoms with van der Waals surface area (Å²) in [6.45, 7) is 0. The number of H-pyrrole nitrogens is 1. The first-order chi connectivity index (χ1) is 14.8. The number of nitriles is 1. The molecule has 0 aliphatic carbocycles. The fourth-order valence-corrected chi connectivity index (χ4v) is 2.65. The Bertz CT molecular complexity index is 1240. The molecule has 0 fully saturated rings. The highest BCUT2D eigenvalue weighted by Crippen LogP contribution is 2.16. The Kier molecular flexibility index (Phi) is 5.63. The molecule has 5 heterocycles. The summed E-state index contributed by atoms with van der Waals surface area (Å²) in [5, 5.41) is 19.7. The predicted molar refractivity (Wildman–Crippen MR) is 111 cm³/mol. The summed E-state index contributed by atoms with van der Waals surface area (Å²) in [6, 6.07) is 18.8. The van der Waals surface area contributed by atoms with Gasteiger partial charge in [-0.05, 0) is 36.4 Å². The third-order valence-electron chi connectivity index (χ3n) is 4.09. The van der Waals surface area contributed by atoms with Gasteiger partial charge < -0.3 is 0 Å². The molecule has 0 saturated carbocycles. The minimum absolute atomic E-state index is 0.368. The van der Waals surface area contributed by atoms with Crippen LogP contribution in [-0.4, -0.2) is 34.9 Å². The molecule has 8 nitrogen and oxygen atoms in total. The second-order valence-electron chi connectivity index (χ2n) is 6.08. The normalized spacial score (nSPS) is 9.97. The van der Waals surface area contributed by atoms with Crippen LogP contribution >= 0.6 is 0 Å². The summed E-state index contributed by atoms with van der Waals surface area (Å²) in [5.74, 6) is 0.612. The zero-order chi connectivity index (χ0) is 20.6. The summed E-state index contributed by atoms with van der Waals surface area (Å²) >= 11 is 0. The maximum Gasteiger partial charge on any atom is 0.154 e. The molecule has 0 spiro atoms. The Morgan fingerprint density at radius 3 is 2.23 bits per heavy atom. The molecule has 0 amide bonds. The smallest absolute Gasteiger partial charge is 0.154 e. The Morgan fingerprint density at radius 1 is 0.833 bits per heavy atom. The number of nitrogens with one attached hydrogen (secondary N) is 1. The molecule has 144 valence electrons.